The Labute approximate surface area is 175 Å². The molecule has 2 aliphatic carbocycles. The summed E-state index contributed by atoms with van der Waals surface area (Å²) in [5.41, 5.74) is 5.12. The number of anilines is 1. The molecule has 1 aromatic carbocycles. The number of halogens is 3. The molecule has 3 aliphatic rings. The van der Waals surface area contributed by atoms with Crippen LogP contribution in [0.4, 0.5) is 18.9 Å². The van der Waals surface area contributed by atoms with Gasteiger partial charge in [-0.1, -0.05) is 0 Å². The Hall–Kier alpha value is -2.75. The van der Waals surface area contributed by atoms with Crippen LogP contribution in [0.5, 0.6) is 5.75 Å². The Morgan fingerprint density at radius 3 is 2.61 bits per heavy atom. The fraction of sp³-hybridized carbons (Fsp3) is 0.524. The van der Waals surface area contributed by atoms with Gasteiger partial charge in [0.15, 0.2) is 5.75 Å². The normalized spacial score (nSPS) is 26.5. The third kappa shape index (κ3) is 3.33. The molecule has 3 N–H and O–H groups in total. The topological polar surface area (TPSA) is 97.8 Å². The minimum absolute atomic E-state index is 0.00437. The quantitative estimate of drug-likeness (QED) is 0.721. The van der Waals surface area contributed by atoms with E-state index in [0.717, 1.165) is 25.5 Å². The van der Waals surface area contributed by atoms with Gasteiger partial charge in [0.1, 0.15) is 11.7 Å². The van der Waals surface area contributed by atoms with Crippen molar-refractivity contribution < 1.29 is 27.8 Å². The maximum atomic E-state index is 13.9. The number of hydrogen-bond acceptors (Lipinski definition) is 5. The minimum Gasteiger partial charge on any atom is -0.477 e. The predicted molar refractivity (Wildman–Crippen MR) is 107 cm³/mol. The second kappa shape index (κ2) is 6.88. The summed E-state index contributed by atoms with van der Waals surface area (Å²) >= 11 is 0. The van der Waals surface area contributed by atoms with Crippen molar-refractivity contribution in [1.82, 2.24) is 4.57 Å². The first-order chi connectivity index (χ1) is 14.7. The van der Waals surface area contributed by atoms with Gasteiger partial charge in [-0.15, -0.1) is 0 Å². The lowest BCUT2D eigenvalue weighted by Gasteiger charge is -2.25. The summed E-state index contributed by atoms with van der Waals surface area (Å²) in [6.45, 7) is -2.02. The average Bonchev–Trinajstić information content (AvgIpc) is 3.57. The summed E-state index contributed by atoms with van der Waals surface area (Å²) in [4.78, 5) is 26.2. The van der Waals surface area contributed by atoms with Gasteiger partial charge in [0, 0.05) is 31.2 Å². The number of fused-ring (bicyclic) bond motifs is 1. The SMILES string of the molecule is NC1(C2CCN(c3ccc4c(=O)c(C(=O)O)cn(C5CC5F)c4c3OC(F)F)C2)CC1. The van der Waals surface area contributed by atoms with Crippen LogP contribution in [0, 0.1) is 5.92 Å². The number of hydrogen-bond donors (Lipinski definition) is 2. The molecule has 1 aromatic heterocycles. The van der Waals surface area contributed by atoms with Crippen LogP contribution in [0.15, 0.2) is 23.1 Å². The summed E-state index contributed by atoms with van der Waals surface area (Å²) in [5.74, 6) is -1.47. The summed E-state index contributed by atoms with van der Waals surface area (Å²) in [6.07, 6.45) is 2.56. The Morgan fingerprint density at radius 2 is 2.03 bits per heavy atom. The van der Waals surface area contributed by atoms with Crippen LogP contribution in [0.3, 0.4) is 0 Å². The van der Waals surface area contributed by atoms with Gasteiger partial charge in [-0.05, 0) is 37.3 Å². The zero-order valence-electron chi connectivity index (χ0n) is 16.6. The lowest BCUT2D eigenvalue weighted by atomic mass is 9.97. The molecule has 3 atom stereocenters. The molecule has 10 heteroatoms. The largest absolute Gasteiger partial charge is 0.477 e. The molecule has 0 radical (unpaired) electrons. The van der Waals surface area contributed by atoms with E-state index in [1.54, 1.807) is 0 Å². The molecule has 166 valence electrons. The van der Waals surface area contributed by atoms with Crippen LogP contribution in [0.1, 0.15) is 42.1 Å². The van der Waals surface area contributed by atoms with Gasteiger partial charge in [0.05, 0.1) is 22.6 Å². The average molecular weight is 437 g/mol. The van der Waals surface area contributed by atoms with Crippen molar-refractivity contribution in [3.05, 3.63) is 34.1 Å². The number of aromatic nitrogens is 1. The van der Waals surface area contributed by atoms with Crippen molar-refractivity contribution in [2.75, 3.05) is 18.0 Å². The lowest BCUT2D eigenvalue weighted by Crippen LogP contribution is -2.34. The van der Waals surface area contributed by atoms with Crippen molar-refractivity contribution in [2.45, 2.75) is 50.0 Å². The second-order valence-electron chi connectivity index (χ2n) is 8.76. The van der Waals surface area contributed by atoms with Gasteiger partial charge in [-0.25, -0.2) is 9.18 Å². The van der Waals surface area contributed by atoms with Crippen LogP contribution >= 0.6 is 0 Å². The number of nitrogens with zero attached hydrogens (tertiary/aromatic N) is 2. The second-order valence-corrected chi connectivity index (χ2v) is 8.76. The molecule has 2 aromatic rings. The molecule has 7 nitrogen and oxygen atoms in total. The number of nitrogens with two attached hydrogens (primary N) is 1. The number of pyridine rings is 1. The molecule has 0 spiro atoms. The van der Waals surface area contributed by atoms with E-state index in [0.29, 0.717) is 18.8 Å². The molecule has 2 saturated carbocycles. The summed E-state index contributed by atoms with van der Waals surface area (Å²) < 4.78 is 46.9. The number of ether oxygens (including phenoxy) is 1. The smallest absolute Gasteiger partial charge is 0.387 e. The molecule has 1 aliphatic heterocycles. The molecule has 0 amide bonds. The predicted octanol–water partition coefficient (Wildman–Crippen LogP) is 2.90. The molecule has 3 fully saturated rings. The fourth-order valence-electron chi connectivity index (χ4n) is 4.72. The summed E-state index contributed by atoms with van der Waals surface area (Å²) in [6, 6.07) is 2.17. The highest BCUT2D eigenvalue weighted by Crippen LogP contribution is 2.48. The summed E-state index contributed by atoms with van der Waals surface area (Å²) in [5, 5.41) is 9.30. The first kappa shape index (κ1) is 20.2. The molecular weight excluding hydrogens is 415 g/mol. The van der Waals surface area contributed by atoms with E-state index >= 15 is 0 Å². The highest BCUT2D eigenvalue weighted by Gasteiger charge is 2.48. The molecule has 3 unspecified atom stereocenters. The number of alkyl halides is 3. The molecule has 1 saturated heterocycles. The number of rotatable bonds is 6. The molecular formula is C21H22F3N3O4. The van der Waals surface area contributed by atoms with Crippen LogP contribution in [-0.4, -0.2) is 47.1 Å². The Kier molecular flexibility index (Phi) is 4.47. The molecule has 5 rings (SSSR count). The third-order valence-electron chi connectivity index (χ3n) is 6.77. The maximum absolute atomic E-state index is 13.9. The third-order valence-corrected chi connectivity index (χ3v) is 6.77. The molecule has 0 bridgehead atoms. The standard InChI is InChI=1S/C21H22F3N3O4/c22-13-7-15(13)27-9-12(19(29)30)17(28)11-1-2-14(18(16(11)27)31-20(23)24)26-6-3-10(8-26)21(25)4-5-21/h1-2,9-10,13,15,20H,3-8,25H2,(H,29,30). The van der Waals surface area contributed by atoms with Gasteiger partial charge in [-0.2, -0.15) is 8.78 Å². The maximum Gasteiger partial charge on any atom is 0.387 e. The fourth-order valence-corrected chi connectivity index (χ4v) is 4.72. The van der Waals surface area contributed by atoms with E-state index < -0.39 is 35.8 Å². The van der Waals surface area contributed by atoms with Gasteiger partial charge < -0.3 is 25.0 Å². The van der Waals surface area contributed by atoms with E-state index in [9.17, 15) is 27.9 Å². The van der Waals surface area contributed by atoms with Gasteiger partial charge >= 0.3 is 12.6 Å². The Morgan fingerprint density at radius 1 is 1.32 bits per heavy atom. The van der Waals surface area contributed by atoms with Crippen molar-refractivity contribution in [2.24, 2.45) is 11.7 Å². The van der Waals surface area contributed by atoms with E-state index in [1.165, 1.54) is 16.7 Å². The van der Waals surface area contributed by atoms with Gasteiger partial charge in [0.2, 0.25) is 5.43 Å². The van der Waals surface area contributed by atoms with Crippen LogP contribution in [0.25, 0.3) is 10.9 Å². The van der Waals surface area contributed by atoms with Crippen LogP contribution < -0.4 is 20.8 Å². The van der Waals surface area contributed by atoms with Crippen LogP contribution in [0.2, 0.25) is 0 Å². The Bertz CT molecular complexity index is 1130. The van der Waals surface area contributed by atoms with Gasteiger partial charge in [0.25, 0.3) is 0 Å². The van der Waals surface area contributed by atoms with Crippen molar-refractivity contribution in [3.63, 3.8) is 0 Å². The monoisotopic (exact) mass is 437 g/mol. The zero-order chi connectivity index (χ0) is 22.1. The van der Waals surface area contributed by atoms with E-state index in [2.05, 4.69) is 0 Å². The molecule has 2 heterocycles. The highest BCUT2D eigenvalue weighted by atomic mass is 19.3. The van der Waals surface area contributed by atoms with E-state index in [1.807, 2.05) is 4.90 Å². The number of carboxylic acid groups (broad SMARTS) is 1. The van der Waals surface area contributed by atoms with Gasteiger partial charge in [-0.3, -0.25) is 4.79 Å². The highest BCUT2D eigenvalue weighted by molar-refractivity contribution is 5.97. The van der Waals surface area contributed by atoms with Crippen LogP contribution in [-0.2, 0) is 0 Å². The first-order valence-electron chi connectivity index (χ1n) is 10.3. The lowest BCUT2D eigenvalue weighted by molar-refractivity contribution is -0.0487. The van der Waals surface area contributed by atoms with Crippen molar-refractivity contribution >= 4 is 22.6 Å². The number of aromatic carboxylic acids is 1. The zero-order valence-corrected chi connectivity index (χ0v) is 16.6. The van der Waals surface area contributed by atoms with Crippen molar-refractivity contribution in [1.29, 1.82) is 0 Å². The molecule has 31 heavy (non-hydrogen) atoms. The first-order valence-corrected chi connectivity index (χ1v) is 10.3. The Balaban J connectivity index is 1.69. The number of benzene rings is 1. The minimum atomic E-state index is -3.17. The number of carbonyl (C=O) groups is 1. The van der Waals surface area contributed by atoms with E-state index in [-0.39, 0.29) is 34.5 Å². The summed E-state index contributed by atoms with van der Waals surface area (Å²) in [7, 11) is 0. The number of carboxylic acids is 1. The van der Waals surface area contributed by atoms with E-state index in [4.69, 9.17) is 10.5 Å². The van der Waals surface area contributed by atoms with Crippen molar-refractivity contribution in [3.8, 4) is 5.75 Å².